The minimum absolute atomic E-state index is 0.170. The van der Waals surface area contributed by atoms with E-state index in [2.05, 4.69) is 329 Å². The number of hydrogen-bond acceptors (Lipinski definition) is 4. The lowest BCUT2D eigenvalue weighted by Gasteiger charge is -2.32. The topological polar surface area (TPSA) is 69.2 Å². The van der Waals surface area contributed by atoms with Crippen LogP contribution in [-0.4, -0.2) is 37.5 Å². The molecule has 2 atom stereocenters. The van der Waals surface area contributed by atoms with E-state index in [1.165, 1.54) is 143 Å². The van der Waals surface area contributed by atoms with Crippen LogP contribution in [0.5, 0.6) is 0 Å². The summed E-state index contributed by atoms with van der Waals surface area (Å²) in [4.78, 5) is 25.0. The van der Waals surface area contributed by atoms with Gasteiger partial charge in [-0.3, -0.25) is 8.80 Å². The van der Waals surface area contributed by atoms with Gasteiger partial charge in [-0.05, 0) is 226 Å². The Labute approximate surface area is 641 Å². The molecule has 0 saturated heterocycles. The quantitative estimate of drug-likeness (QED) is 0.176. The number of pyridine rings is 1. The molecule has 10 aromatic carbocycles. The van der Waals surface area contributed by atoms with E-state index in [1.807, 2.05) is 0 Å². The molecule has 0 amide bonds. The summed E-state index contributed by atoms with van der Waals surface area (Å²) in [5.41, 5.74) is 34.0. The van der Waals surface area contributed by atoms with E-state index in [0.29, 0.717) is 17.5 Å². The monoisotopic (exact) mass is 1430 g/mol. The van der Waals surface area contributed by atoms with Crippen LogP contribution in [0, 0.1) is 5.41 Å². The maximum absolute atomic E-state index is 7.05. The molecule has 8 nitrogen and oxygen atoms in total. The van der Waals surface area contributed by atoms with E-state index in [1.54, 1.807) is 0 Å². The minimum atomic E-state index is -0.280. The number of benzene rings is 10. The molecule has 8 bridgehead atoms. The van der Waals surface area contributed by atoms with Gasteiger partial charge < -0.3 is 8.80 Å². The second-order valence-electron chi connectivity index (χ2n) is 35.1. The zero-order valence-corrected chi connectivity index (χ0v) is 63.7. The number of rotatable bonds is 4. The molecule has 0 saturated carbocycles. The predicted molar refractivity (Wildman–Crippen MR) is 459 cm³/mol. The Hall–Kier alpha value is -12.5. The molecule has 8 heteroatoms. The van der Waals surface area contributed by atoms with Crippen molar-refractivity contribution in [2.45, 2.75) is 116 Å². The summed E-state index contributed by atoms with van der Waals surface area (Å²) >= 11 is 0. The summed E-state index contributed by atoms with van der Waals surface area (Å²) in [6.07, 6.45) is 13.1. The van der Waals surface area contributed by atoms with Crippen LogP contribution in [0.4, 0.5) is 0 Å². The SMILES string of the molecule is C/C=C\C1=c2c3cc4c(c5ccccc5n4c4c(-c5nc(-c6ccccc6)nc(-c6ccccc6)n5)c5c(nc4n4c6cc7c(cc6c6ccc2cc64)C(C)(C)c2ccccc2-7)n2c4cc6c(cc4c4ccc(cc42)c2cccc4c2c2cc7c(c8c(n75)C=CCC8)CC2C4(C)C)C(C)(C)c2ccccc2-6)CC3C1(C)C. The highest BCUT2D eigenvalue weighted by molar-refractivity contribution is 6.19. The Morgan fingerprint density at radius 1 is 0.378 bits per heavy atom. The van der Waals surface area contributed by atoms with Crippen LogP contribution < -0.4 is 5.22 Å². The third-order valence-corrected chi connectivity index (χ3v) is 28.3. The highest BCUT2D eigenvalue weighted by Crippen LogP contribution is 2.59. The zero-order chi connectivity index (χ0) is 73.9. The first kappa shape index (κ1) is 62.4. The third-order valence-electron chi connectivity index (χ3n) is 28.3. The van der Waals surface area contributed by atoms with E-state index in [9.17, 15) is 0 Å². The molecule has 0 radical (unpaired) electrons. The smallest absolute Gasteiger partial charge is 0.168 e. The Morgan fingerprint density at radius 2 is 0.910 bits per heavy atom. The van der Waals surface area contributed by atoms with E-state index in [-0.39, 0.29) is 33.5 Å². The Bertz CT molecular complexity index is 7710. The van der Waals surface area contributed by atoms with Gasteiger partial charge in [0.1, 0.15) is 11.0 Å². The van der Waals surface area contributed by atoms with Crippen molar-refractivity contribution in [3.8, 4) is 56.4 Å². The Balaban J connectivity index is 1.06. The van der Waals surface area contributed by atoms with Crippen molar-refractivity contribution < 1.29 is 0 Å². The molecule has 7 aliphatic rings. The first-order chi connectivity index (χ1) is 54.0. The predicted octanol–water partition coefficient (Wildman–Crippen LogP) is 24.4. The summed E-state index contributed by atoms with van der Waals surface area (Å²) in [6, 6.07) is 86.3. The van der Waals surface area contributed by atoms with Crippen molar-refractivity contribution in [2.75, 3.05) is 0 Å². The average molecular weight is 1430 g/mol. The first-order valence-corrected chi connectivity index (χ1v) is 40.0. The van der Waals surface area contributed by atoms with Gasteiger partial charge in [-0.25, -0.2) is 19.9 Å². The summed E-state index contributed by atoms with van der Waals surface area (Å²) in [5, 5.41) is 12.2. The zero-order valence-electron chi connectivity index (χ0n) is 63.7. The van der Waals surface area contributed by atoms with Crippen LogP contribution >= 0.6 is 0 Å². The van der Waals surface area contributed by atoms with Crippen molar-refractivity contribution in [1.82, 2.24) is 37.5 Å². The van der Waals surface area contributed by atoms with E-state index >= 15 is 0 Å². The lowest BCUT2D eigenvalue weighted by molar-refractivity contribution is 0.400. The van der Waals surface area contributed by atoms with Crippen LogP contribution in [0.2, 0.25) is 0 Å². The molecule has 0 spiro atoms. The Kier molecular flexibility index (Phi) is 11.8. The molecular formula is C103H78N8. The fourth-order valence-corrected chi connectivity index (χ4v) is 22.9. The molecule has 530 valence electrons. The largest absolute Gasteiger partial charge is 0.306 e. The van der Waals surface area contributed by atoms with Crippen LogP contribution in [0.15, 0.2) is 243 Å². The summed E-state index contributed by atoms with van der Waals surface area (Å²) in [7, 11) is 0. The van der Waals surface area contributed by atoms with E-state index < -0.39 is 0 Å². The fraction of sp³-hybridized carbons (Fsp3) is 0.184. The van der Waals surface area contributed by atoms with Gasteiger partial charge in [0.2, 0.25) is 0 Å². The molecular weight excluding hydrogens is 1350 g/mol. The molecule has 0 aliphatic heterocycles. The number of aromatic nitrogens is 8. The van der Waals surface area contributed by atoms with Crippen LogP contribution in [0.1, 0.15) is 142 Å². The molecule has 18 aromatic rings. The van der Waals surface area contributed by atoms with Crippen LogP contribution in [0.3, 0.4) is 0 Å². The number of allylic oxidation sites excluding steroid dienone is 3. The molecule has 0 N–H and O–H groups in total. The second kappa shape index (κ2) is 21.1. The van der Waals surface area contributed by atoms with Crippen LogP contribution in [0.25, 0.3) is 177 Å². The highest BCUT2D eigenvalue weighted by Gasteiger charge is 2.46. The maximum Gasteiger partial charge on any atom is 0.168 e. The van der Waals surface area contributed by atoms with Gasteiger partial charge in [0.25, 0.3) is 0 Å². The third kappa shape index (κ3) is 7.76. The van der Waals surface area contributed by atoms with Crippen molar-refractivity contribution in [1.29, 1.82) is 0 Å². The number of nitrogens with zero attached hydrogens (tertiary/aromatic N) is 8. The standard InChI is InChI=1S/C103H78N8/c1-10-26-76-90-58-42-44-65-71-48-79-67(61-32-18-22-37-75(61)101(79,4)5)52-89(71)111(85(65)46-58)99-94(108-82-39-23-19-33-62(82)68-49-80(102(76,6)7)72(90)53-86(68)108)92(97-105-95(55-27-13-11-14-28-55)104-96(106-97)56-29-15-12-16-30-56)93-98(107-99)110-84-45-57(41-43-64(84)70-47-78-66(51-88(70)110)60-31-17-21-36-74(60)100(78,2)3)59-35-25-38-77-91(59)73-54-87-69(50-81(73)103(77,8)9)63-34-20-24-40-83(63)109(87)93/h10-19,21-33,35-48,51-54,80-81H,20,34,49-50H2,1-9H3/b26-10-. The average Bonchev–Trinajstić information content (AvgIpc) is 1.52. The molecule has 2 unspecified atom stereocenters. The van der Waals surface area contributed by atoms with Gasteiger partial charge in [0.05, 0.1) is 44.2 Å². The number of fused-ring (bicyclic) bond motifs is 28. The van der Waals surface area contributed by atoms with Crippen molar-refractivity contribution in [3.63, 3.8) is 0 Å². The molecule has 8 heterocycles. The highest BCUT2D eigenvalue weighted by atomic mass is 15.1. The number of hydrogen-bond donors (Lipinski definition) is 0. The number of para-hydroxylation sites is 1. The normalized spacial score (nSPS) is 17.8. The first-order valence-electron chi connectivity index (χ1n) is 40.0. The van der Waals surface area contributed by atoms with Crippen molar-refractivity contribution in [2.24, 2.45) is 5.41 Å². The summed E-state index contributed by atoms with van der Waals surface area (Å²) < 4.78 is 10.6. The van der Waals surface area contributed by atoms with Gasteiger partial charge in [-0.1, -0.05) is 243 Å². The van der Waals surface area contributed by atoms with E-state index in [4.69, 9.17) is 19.9 Å². The van der Waals surface area contributed by atoms with Gasteiger partial charge in [-0.15, -0.1) is 0 Å². The van der Waals surface area contributed by atoms with Gasteiger partial charge in [-0.2, -0.15) is 0 Å². The Morgan fingerprint density at radius 3 is 1.57 bits per heavy atom. The molecule has 8 aromatic heterocycles. The second-order valence-corrected chi connectivity index (χ2v) is 35.1. The lowest BCUT2D eigenvalue weighted by atomic mass is 9.71. The fourth-order valence-electron chi connectivity index (χ4n) is 22.9. The molecule has 111 heavy (non-hydrogen) atoms. The van der Waals surface area contributed by atoms with E-state index in [0.717, 1.165) is 103 Å². The van der Waals surface area contributed by atoms with Crippen molar-refractivity contribution in [3.05, 3.63) is 309 Å². The maximum atomic E-state index is 7.05. The van der Waals surface area contributed by atoms with Gasteiger partial charge in [0.15, 0.2) is 28.8 Å². The lowest BCUT2D eigenvalue weighted by Crippen LogP contribution is -2.25. The summed E-state index contributed by atoms with van der Waals surface area (Å²) in [5.74, 6) is 2.11. The summed E-state index contributed by atoms with van der Waals surface area (Å²) in [6.45, 7) is 21.9. The molecule has 25 rings (SSSR count). The van der Waals surface area contributed by atoms with Crippen molar-refractivity contribution >= 4 is 121 Å². The molecule has 7 aliphatic carbocycles. The van der Waals surface area contributed by atoms with Gasteiger partial charge in [0, 0.05) is 54.6 Å². The van der Waals surface area contributed by atoms with Crippen LogP contribution in [-0.2, 0) is 35.5 Å². The molecule has 0 fully saturated rings. The van der Waals surface area contributed by atoms with Gasteiger partial charge >= 0.3 is 0 Å². The minimum Gasteiger partial charge on any atom is -0.306 e.